The average Bonchev–Trinajstić information content (AvgIpc) is 2.75. The van der Waals surface area contributed by atoms with Gasteiger partial charge >= 0.3 is 0 Å². The van der Waals surface area contributed by atoms with Crippen LogP contribution in [0.15, 0.2) is 42.5 Å². The van der Waals surface area contributed by atoms with E-state index < -0.39 is 11.7 Å². The van der Waals surface area contributed by atoms with Gasteiger partial charge in [-0.1, -0.05) is 30.3 Å². The first-order valence-electron chi connectivity index (χ1n) is 5.84. The summed E-state index contributed by atoms with van der Waals surface area (Å²) < 4.78 is 5.18. The number of fused-ring (bicyclic) bond motifs is 1. The largest absolute Gasteiger partial charge is 0.495 e. The van der Waals surface area contributed by atoms with Gasteiger partial charge in [-0.15, -0.1) is 0 Å². The normalized spacial score (nSPS) is 13.1. The predicted molar refractivity (Wildman–Crippen MR) is 71.4 cm³/mol. The zero-order chi connectivity index (χ0) is 13.4. The second-order valence-electron chi connectivity index (χ2n) is 4.21. The lowest BCUT2D eigenvalue weighted by Gasteiger charge is -2.10. The van der Waals surface area contributed by atoms with Crippen LogP contribution in [0.25, 0.3) is 11.1 Å². The van der Waals surface area contributed by atoms with Crippen LogP contribution >= 0.6 is 0 Å². The Bertz CT molecular complexity index is 677. The Kier molecular flexibility index (Phi) is 2.56. The van der Waals surface area contributed by atoms with Gasteiger partial charge in [0.15, 0.2) is 0 Å². The summed E-state index contributed by atoms with van der Waals surface area (Å²) in [5.41, 5.74) is 2.47. The molecule has 4 heteroatoms. The number of ether oxygens (including phenoxy) is 1. The van der Waals surface area contributed by atoms with Gasteiger partial charge in [0, 0.05) is 0 Å². The monoisotopic (exact) mass is 253 g/mol. The highest BCUT2D eigenvalue weighted by Crippen LogP contribution is 2.39. The highest BCUT2D eigenvalue weighted by molar-refractivity contribution is 6.53. The molecule has 0 aliphatic carbocycles. The van der Waals surface area contributed by atoms with E-state index in [1.54, 1.807) is 12.1 Å². The van der Waals surface area contributed by atoms with Crippen LogP contribution in [-0.2, 0) is 4.79 Å². The molecule has 19 heavy (non-hydrogen) atoms. The van der Waals surface area contributed by atoms with Crippen LogP contribution in [-0.4, -0.2) is 18.8 Å². The Morgan fingerprint density at radius 2 is 1.74 bits per heavy atom. The minimum atomic E-state index is -0.614. The van der Waals surface area contributed by atoms with Gasteiger partial charge in [-0.2, -0.15) is 0 Å². The maximum atomic E-state index is 12.0. The molecule has 0 saturated carbocycles. The summed E-state index contributed by atoms with van der Waals surface area (Å²) in [5.74, 6) is -0.640. The van der Waals surface area contributed by atoms with Gasteiger partial charge in [-0.3, -0.25) is 9.59 Å². The van der Waals surface area contributed by atoms with Gasteiger partial charge in [0.25, 0.3) is 11.7 Å². The molecule has 0 bridgehead atoms. The van der Waals surface area contributed by atoms with Crippen LogP contribution < -0.4 is 10.1 Å². The quantitative estimate of drug-likeness (QED) is 0.836. The van der Waals surface area contributed by atoms with Crippen LogP contribution in [0.5, 0.6) is 5.75 Å². The van der Waals surface area contributed by atoms with E-state index in [0.717, 1.165) is 11.1 Å². The third-order valence-electron chi connectivity index (χ3n) is 3.14. The number of methoxy groups -OCH3 is 1. The molecule has 0 aromatic heterocycles. The van der Waals surface area contributed by atoms with E-state index in [2.05, 4.69) is 5.32 Å². The molecule has 1 N–H and O–H groups in total. The minimum absolute atomic E-state index is 0.385. The Balaban J connectivity index is 2.27. The fourth-order valence-corrected chi connectivity index (χ4v) is 2.26. The van der Waals surface area contributed by atoms with Gasteiger partial charge < -0.3 is 10.1 Å². The van der Waals surface area contributed by atoms with Crippen molar-refractivity contribution in [2.24, 2.45) is 0 Å². The van der Waals surface area contributed by atoms with E-state index in [4.69, 9.17) is 4.74 Å². The van der Waals surface area contributed by atoms with Gasteiger partial charge in [0.2, 0.25) is 0 Å². The topological polar surface area (TPSA) is 55.4 Å². The van der Waals surface area contributed by atoms with Crippen molar-refractivity contribution in [2.45, 2.75) is 0 Å². The van der Waals surface area contributed by atoms with Crippen LogP contribution in [0.1, 0.15) is 10.4 Å². The number of carbonyl (C=O) groups excluding carboxylic acids is 2. The fourth-order valence-electron chi connectivity index (χ4n) is 2.26. The molecule has 1 heterocycles. The summed E-state index contributed by atoms with van der Waals surface area (Å²) in [4.78, 5) is 23.6. The van der Waals surface area contributed by atoms with Crippen molar-refractivity contribution < 1.29 is 14.3 Å². The molecule has 0 saturated heterocycles. The van der Waals surface area contributed by atoms with Crippen molar-refractivity contribution in [3.05, 3.63) is 48.0 Å². The fraction of sp³-hybridized carbons (Fsp3) is 0.0667. The third-order valence-corrected chi connectivity index (χ3v) is 3.14. The Morgan fingerprint density at radius 1 is 1.00 bits per heavy atom. The summed E-state index contributed by atoms with van der Waals surface area (Å²) >= 11 is 0. The number of benzene rings is 2. The molecule has 0 unspecified atom stereocenters. The second-order valence-corrected chi connectivity index (χ2v) is 4.21. The zero-order valence-electron chi connectivity index (χ0n) is 10.3. The Hall–Kier alpha value is -2.62. The third kappa shape index (κ3) is 1.69. The first-order valence-corrected chi connectivity index (χ1v) is 5.84. The van der Waals surface area contributed by atoms with E-state index in [9.17, 15) is 9.59 Å². The lowest BCUT2D eigenvalue weighted by Crippen LogP contribution is -2.12. The first kappa shape index (κ1) is 11.5. The molecule has 2 aromatic rings. The number of hydrogen-bond acceptors (Lipinski definition) is 3. The van der Waals surface area contributed by atoms with Crippen LogP contribution in [0.2, 0.25) is 0 Å². The van der Waals surface area contributed by atoms with Crippen LogP contribution in [0.3, 0.4) is 0 Å². The molecule has 0 fully saturated rings. The molecule has 1 aliphatic rings. The lowest BCUT2D eigenvalue weighted by atomic mass is 9.97. The van der Waals surface area contributed by atoms with Gasteiger partial charge in [0.1, 0.15) is 5.75 Å². The standard InChI is InChI=1S/C15H11NO3/c1-19-11-8-7-10(9-5-3-2-4-6-9)12-13(11)16-15(18)14(12)17/h2-8H,1H3,(H,16,17,18). The van der Waals surface area contributed by atoms with Crippen LogP contribution in [0.4, 0.5) is 5.69 Å². The van der Waals surface area contributed by atoms with Crippen molar-refractivity contribution in [2.75, 3.05) is 12.4 Å². The maximum Gasteiger partial charge on any atom is 0.296 e. The van der Waals surface area contributed by atoms with E-state index in [0.29, 0.717) is 17.0 Å². The number of rotatable bonds is 2. The maximum absolute atomic E-state index is 12.0. The van der Waals surface area contributed by atoms with Gasteiger partial charge in [-0.05, 0) is 23.3 Å². The lowest BCUT2D eigenvalue weighted by molar-refractivity contribution is -0.112. The Labute approximate surface area is 110 Å². The summed E-state index contributed by atoms with van der Waals surface area (Å²) in [6.07, 6.45) is 0. The highest BCUT2D eigenvalue weighted by atomic mass is 16.5. The molecule has 3 rings (SSSR count). The summed E-state index contributed by atoms with van der Waals surface area (Å²) in [6, 6.07) is 13.0. The smallest absolute Gasteiger partial charge is 0.296 e. The number of carbonyl (C=O) groups is 2. The number of ketones is 1. The Morgan fingerprint density at radius 3 is 2.42 bits per heavy atom. The summed E-state index contributed by atoms with van der Waals surface area (Å²) in [7, 11) is 1.51. The van der Waals surface area contributed by atoms with Crippen molar-refractivity contribution >= 4 is 17.4 Å². The molecule has 0 radical (unpaired) electrons. The number of Topliss-reactive ketones (excluding diaryl/α,β-unsaturated/α-hetero) is 1. The molecule has 94 valence electrons. The van der Waals surface area contributed by atoms with Crippen molar-refractivity contribution in [1.82, 2.24) is 0 Å². The van der Waals surface area contributed by atoms with E-state index in [1.165, 1.54) is 7.11 Å². The minimum Gasteiger partial charge on any atom is -0.495 e. The van der Waals surface area contributed by atoms with Crippen LogP contribution in [0, 0.1) is 0 Å². The number of hydrogen-bond donors (Lipinski definition) is 1. The SMILES string of the molecule is COc1ccc(-c2ccccc2)c2c1NC(=O)C2=O. The zero-order valence-corrected chi connectivity index (χ0v) is 10.3. The van der Waals surface area contributed by atoms with Gasteiger partial charge in [-0.25, -0.2) is 0 Å². The number of nitrogens with one attached hydrogen (secondary N) is 1. The molecule has 4 nitrogen and oxygen atoms in total. The molecule has 0 atom stereocenters. The molecule has 1 amide bonds. The van der Waals surface area contributed by atoms with E-state index >= 15 is 0 Å². The highest BCUT2D eigenvalue weighted by Gasteiger charge is 2.33. The summed E-state index contributed by atoms with van der Waals surface area (Å²) in [5, 5.41) is 2.56. The van der Waals surface area contributed by atoms with E-state index in [-0.39, 0.29) is 0 Å². The van der Waals surface area contributed by atoms with Crippen molar-refractivity contribution in [3.8, 4) is 16.9 Å². The first-order chi connectivity index (χ1) is 9.22. The number of anilines is 1. The molecule has 1 aliphatic heterocycles. The van der Waals surface area contributed by atoms with E-state index in [1.807, 2.05) is 30.3 Å². The van der Waals surface area contributed by atoms with Crippen molar-refractivity contribution in [3.63, 3.8) is 0 Å². The predicted octanol–water partition coefficient (Wildman–Crippen LogP) is 2.50. The summed E-state index contributed by atoms with van der Waals surface area (Å²) in [6.45, 7) is 0. The molecule has 0 spiro atoms. The second kappa shape index (κ2) is 4.24. The average molecular weight is 253 g/mol. The molecular formula is C15H11NO3. The number of amides is 1. The molecular weight excluding hydrogens is 242 g/mol. The molecule has 2 aromatic carbocycles. The van der Waals surface area contributed by atoms with Crippen molar-refractivity contribution in [1.29, 1.82) is 0 Å². The van der Waals surface area contributed by atoms with Gasteiger partial charge in [0.05, 0.1) is 18.4 Å².